The van der Waals surface area contributed by atoms with Crippen LogP contribution in [0.5, 0.6) is 0 Å². The second-order valence-electron chi connectivity index (χ2n) is 6.50. The maximum atomic E-state index is 11.7. The summed E-state index contributed by atoms with van der Waals surface area (Å²) in [6.45, 7) is 8.09. The Hall–Kier alpha value is -1.67. The molecule has 2 atom stereocenters. The van der Waals surface area contributed by atoms with Gasteiger partial charge in [0.25, 0.3) is 6.47 Å². The molecule has 0 radical (unpaired) electrons. The Morgan fingerprint density at radius 2 is 1.92 bits per heavy atom. The topological polar surface area (TPSA) is 117 Å². The number of unbranched alkanes of at least 4 members (excludes halogenated alkanes) is 1. The Bertz CT molecular complexity index is 395. The van der Waals surface area contributed by atoms with Gasteiger partial charge in [-0.2, -0.15) is 0 Å². The fourth-order valence-electron chi connectivity index (χ4n) is 1.81. The summed E-state index contributed by atoms with van der Waals surface area (Å²) in [4.78, 5) is 32.8. The second kappa shape index (κ2) is 11.8. The lowest BCUT2D eigenvalue weighted by atomic mass is 10.1. The maximum absolute atomic E-state index is 11.7. The van der Waals surface area contributed by atoms with Crippen molar-refractivity contribution in [3.8, 4) is 0 Å². The molecule has 0 fully saturated rings. The van der Waals surface area contributed by atoms with Gasteiger partial charge in [-0.05, 0) is 40.2 Å². The lowest BCUT2D eigenvalue weighted by molar-refractivity contribution is -0.156. The molecule has 0 aliphatic rings. The molecule has 0 saturated carbocycles. The van der Waals surface area contributed by atoms with Crippen LogP contribution >= 0.6 is 0 Å². The van der Waals surface area contributed by atoms with Gasteiger partial charge in [-0.1, -0.05) is 6.42 Å². The summed E-state index contributed by atoms with van der Waals surface area (Å²) in [5, 5.41) is 3.10. The van der Waals surface area contributed by atoms with Gasteiger partial charge in [-0.25, -0.2) is 0 Å². The fraction of sp³-hybridized carbons (Fsp3) is 0.812. The average molecular weight is 346 g/mol. The molecule has 3 N–H and O–H groups in total. The Balaban J connectivity index is 3.82. The van der Waals surface area contributed by atoms with E-state index in [1.807, 2.05) is 0 Å². The molecule has 24 heavy (non-hydrogen) atoms. The van der Waals surface area contributed by atoms with Gasteiger partial charge < -0.3 is 25.3 Å². The Morgan fingerprint density at radius 1 is 1.25 bits per heavy atom. The van der Waals surface area contributed by atoms with Gasteiger partial charge >= 0.3 is 11.9 Å². The molecule has 0 amide bonds. The minimum Gasteiger partial charge on any atom is -0.462 e. The molecule has 0 aromatic heterocycles. The first kappa shape index (κ1) is 22.3. The summed E-state index contributed by atoms with van der Waals surface area (Å²) >= 11 is 0. The molecule has 8 nitrogen and oxygen atoms in total. The Kier molecular flexibility index (Phi) is 11.0. The number of hydrogen-bond acceptors (Lipinski definition) is 8. The number of carbonyl (C=O) groups is 3. The summed E-state index contributed by atoms with van der Waals surface area (Å²) in [5.74, 6) is -0.818. The molecule has 0 aromatic rings. The van der Waals surface area contributed by atoms with Crippen molar-refractivity contribution in [1.29, 1.82) is 0 Å². The molecule has 0 aromatic carbocycles. The van der Waals surface area contributed by atoms with Crippen molar-refractivity contribution in [2.45, 2.75) is 64.7 Å². The lowest BCUT2D eigenvalue weighted by Gasteiger charge is -2.22. The van der Waals surface area contributed by atoms with Crippen LogP contribution in [0.15, 0.2) is 0 Å². The van der Waals surface area contributed by atoms with Crippen LogP contribution < -0.4 is 11.1 Å². The van der Waals surface area contributed by atoms with E-state index in [0.717, 1.165) is 12.8 Å². The lowest BCUT2D eigenvalue weighted by Crippen LogP contribution is -2.37. The zero-order valence-corrected chi connectivity index (χ0v) is 15.0. The minimum absolute atomic E-state index is 0.0184. The number of nitrogens with one attached hydrogen (secondary N) is 1. The summed E-state index contributed by atoms with van der Waals surface area (Å²) < 4.78 is 14.8. The highest BCUT2D eigenvalue weighted by atomic mass is 16.6. The number of esters is 2. The van der Waals surface area contributed by atoms with Gasteiger partial charge in [-0.3, -0.25) is 14.4 Å². The summed E-state index contributed by atoms with van der Waals surface area (Å²) in [6, 6.07) is -0.626. The third kappa shape index (κ3) is 12.8. The first-order chi connectivity index (χ1) is 11.2. The van der Waals surface area contributed by atoms with Gasteiger partial charge in [0.1, 0.15) is 24.4 Å². The standard InChI is InChI=1S/C16H30N2O6/c1-12(20)22-10-13(23-11-19)9-18-8-6-5-7-14(17)15(21)24-16(2,3)4/h11,13-14,18H,5-10,17H2,1-4H3. The second-order valence-corrected chi connectivity index (χ2v) is 6.50. The summed E-state index contributed by atoms with van der Waals surface area (Å²) in [6.07, 6.45) is 1.59. The fourth-order valence-corrected chi connectivity index (χ4v) is 1.81. The summed E-state index contributed by atoms with van der Waals surface area (Å²) in [5.41, 5.74) is 5.26. The quantitative estimate of drug-likeness (QED) is 0.227. The molecule has 0 rings (SSSR count). The van der Waals surface area contributed by atoms with Gasteiger partial charge in [-0.15, -0.1) is 0 Å². The van der Waals surface area contributed by atoms with Crippen molar-refractivity contribution in [3.05, 3.63) is 0 Å². The van der Waals surface area contributed by atoms with Crippen LogP contribution in [0.4, 0.5) is 0 Å². The molecule has 0 heterocycles. The van der Waals surface area contributed by atoms with Gasteiger partial charge in [0.15, 0.2) is 0 Å². The molecule has 0 spiro atoms. The third-order valence-corrected chi connectivity index (χ3v) is 2.92. The van der Waals surface area contributed by atoms with E-state index in [-0.39, 0.29) is 6.61 Å². The first-order valence-corrected chi connectivity index (χ1v) is 8.07. The van der Waals surface area contributed by atoms with E-state index in [9.17, 15) is 14.4 Å². The third-order valence-electron chi connectivity index (χ3n) is 2.92. The number of rotatable bonds is 12. The van der Waals surface area contributed by atoms with Crippen LogP contribution in [0, 0.1) is 0 Å². The number of carbonyl (C=O) groups excluding carboxylic acids is 3. The number of nitrogens with two attached hydrogens (primary N) is 1. The van der Waals surface area contributed by atoms with Crippen LogP contribution in [-0.4, -0.2) is 55.9 Å². The predicted octanol–water partition coefficient (Wildman–Crippen LogP) is 0.520. The zero-order valence-electron chi connectivity index (χ0n) is 15.0. The summed E-state index contributed by atoms with van der Waals surface area (Å²) in [7, 11) is 0. The van der Waals surface area contributed by atoms with Crippen molar-refractivity contribution in [1.82, 2.24) is 5.32 Å². The molecular formula is C16H30N2O6. The van der Waals surface area contributed by atoms with Crippen molar-refractivity contribution < 1.29 is 28.6 Å². The first-order valence-electron chi connectivity index (χ1n) is 8.07. The van der Waals surface area contributed by atoms with E-state index in [1.165, 1.54) is 6.92 Å². The molecule has 0 aliphatic carbocycles. The van der Waals surface area contributed by atoms with Crippen LogP contribution in [0.1, 0.15) is 47.0 Å². The number of ether oxygens (including phenoxy) is 3. The van der Waals surface area contributed by atoms with E-state index in [2.05, 4.69) is 5.32 Å². The van der Waals surface area contributed by atoms with E-state index in [0.29, 0.717) is 26.0 Å². The highest BCUT2D eigenvalue weighted by Crippen LogP contribution is 2.10. The van der Waals surface area contributed by atoms with E-state index >= 15 is 0 Å². The SMILES string of the molecule is CC(=O)OCC(CNCCCCC(N)C(=O)OC(C)(C)C)OC=O. The van der Waals surface area contributed by atoms with E-state index < -0.39 is 29.7 Å². The van der Waals surface area contributed by atoms with Crippen LogP contribution in [0.25, 0.3) is 0 Å². The molecule has 8 heteroatoms. The molecule has 0 aliphatic heterocycles. The van der Waals surface area contributed by atoms with Crippen molar-refractivity contribution in [2.24, 2.45) is 5.73 Å². The maximum Gasteiger partial charge on any atom is 0.323 e. The smallest absolute Gasteiger partial charge is 0.323 e. The normalized spacial score (nSPS) is 13.7. The molecule has 140 valence electrons. The van der Waals surface area contributed by atoms with Crippen LogP contribution in [0.2, 0.25) is 0 Å². The van der Waals surface area contributed by atoms with Gasteiger partial charge in [0.2, 0.25) is 0 Å². The minimum atomic E-state index is -0.626. The van der Waals surface area contributed by atoms with Crippen molar-refractivity contribution >= 4 is 18.4 Å². The average Bonchev–Trinajstić information content (AvgIpc) is 2.45. The highest BCUT2D eigenvalue weighted by molar-refractivity contribution is 5.75. The highest BCUT2D eigenvalue weighted by Gasteiger charge is 2.21. The van der Waals surface area contributed by atoms with Gasteiger partial charge in [0.05, 0.1) is 0 Å². The zero-order chi connectivity index (χ0) is 18.6. The molecule has 2 unspecified atom stereocenters. The predicted molar refractivity (Wildman–Crippen MR) is 88.1 cm³/mol. The van der Waals surface area contributed by atoms with E-state index in [1.54, 1.807) is 20.8 Å². The van der Waals surface area contributed by atoms with Crippen molar-refractivity contribution in [2.75, 3.05) is 19.7 Å². The van der Waals surface area contributed by atoms with E-state index in [4.69, 9.17) is 19.9 Å². The monoisotopic (exact) mass is 346 g/mol. The Labute approximate surface area is 143 Å². The number of hydrogen-bond donors (Lipinski definition) is 2. The van der Waals surface area contributed by atoms with Crippen molar-refractivity contribution in [3.63, 3.8) is 0 Å². The molecule has 0 bridgehead atoms. The van der Waals surface area contributed by atoms with Gasteiger partial charge in [0, 0.05) is 13.5 Å². The van der Waals surface area contributed by atoms with Crippen LogP contribution in [-0.2, 0) is 28.6 Å². The van der Waals surface area contributed by atoms with Crippen LogP contribution in [0.3, 0.4) is 0 Å². The molecule has 0 saturated heterocycles. The largest absolute Gasteiger partial charge is 0.462 e. The molecular weight excluding hydrogens is 316 g/mol. The Morgan fingerprint density at radius 3 is 2.46 bits per heavy atom.